The molecule has 2 aliphatic rings. The van der Waals surface area contributed by atoms with E-state index in [4.69, 9.17) is 0 Å². The van der Waals surface area contributed by atoms with E-state index >= 15 is 0 Å². The maximum absolute atomic E-state index is 3.64. The molecule has 0 aromatic carbocycles. The Bertz CT molecular complexity index is 263. The number of nitrogens with one attached hydrogen (secondary N) is 1. The average Bonchev–Trinajstić information content (AvgIpc) is 2.47. The Hall–Kier alpha value is -0.120. The molecule has 2 rings (SSSR count). The summed E-state index contributed by atoms with van der Waals surface area (Å²) in [5, 5.41) is 3.64. The van der Waals surface area contributed by atoms with Crippen LogP contribution in [0.4, 0.5) is 0 Å². The van der Waals surface area contributed by atoms with Gasteiger partial charge in [-0.25, -0.2) is 0 Å². The van der Waals surface area contributed by atoms with E-state index in [9.17, 15) is 0 Å². The molecular formula is C17H35N3. The predicted molar refractivity (Wildman–Crippen MR) is 87.2 cm³/mol. The van der Waals surface area contributed by atoms with Gasteiger partial charge in [0.25, 0.3) is 0 Å². The average molecular weight is 281 g/mol. The van der Waals surface area contributed by atoms with Gasteiger partial charge in [-0.1, -0.05) is 26.2 Å². The first-order valence-electron chi connectivity index (χ1n) is 8.75. The summed E-state index contributed by atoms with van der Waals surface area (Å²) >= 11 is 0. The molecule has 0 spiro atoms. The van der Waals surface area contributed by atoms with Crippen molar-refractivity contribution in [2.75, 3.05) is 46.8 Å². The quantitative estimate of drug-likeness (QED) is 0.807. The molecule has 1 aliphatic carbocycles. The minimum absolute atomic E-state index is 0.569. The minimum atomic E-state index is 0.569. The van der Waals surface area contributed by atoms with Crippen LogP contribution in [-0.4, -0.2) is 62.7 Å². The lowest BCUT2D eigenvalue weighted by Gasteiger charge is -2.44. The second-order valence-corrected chi connectivity index (χ2v) is 7.31. The Morgan fingerprint density at radius 2 is 1.75 bits per heavy atom. The molecule has 1 N–H and O–H groups in total. The number of piperidine rings is 1. The van der Waals surface area contributed by atoms with Crippen molar-refractivity contribution in [1.29, 1.82) is 0 Å². The smallest absolute Gasteiger partial charge is 0.0113 e. The van der Waals surface area contributed by atoms with Crippen LogP contribution in [-0.2, 0) is 0 Å². The first-order valence-corrected chi connectivity index (χ1v) is 8.75. The molecule has 0 atom stereocenters. The molecule has 1 saturated carbocycles. The summed E-state index contributed by atoms with van der Waals surface area (Å²) in [7, 11) is 4.46. The van der Waals surface area contributed by atoms with Gasteiger partial charge in [0.1, 0.15) is 0 Å². The van der Waals surface area contributed by atoms with Gasteiger partial charge in [-0.15, -0.1) is 0 Å². The van der Waals surface area contributed by atoms with Crippen molar-refractivity contribution in [1.82, 2.24) is 15.1 Å². The fourth-order valence-electron chi connectivity index (χ4n) is 4.15. The second kappa shape index (κ2) is 7.77. The first-order chi connectivity index (χ1) is 9.65. The Labute approximate surface area is 126 Å². The molecule has 0 radical (unpaired) electrons. The first kappa shape index (κ1) is 16.3. The van der Waals surface area contributed by atoms with Crippen LogP contribution >= 0.6 is 0 Å². The van der Waals surface area contributed by atoms with Gasteiger partial charge >= 0.3 is 0 Å². The van der Waals surface area contributed by atoms with E-state index in [2.05, 4.69) is 36.1 Å². The molecule has 2 fully saturated rings. The number of rotatable bonds is 6. The molecular weight excluding hydrogens is 246 g/mol. The van der Waals surface area contributed by atoms with Crippen molar-refractivity contribution >= 4 is 0 Å². The van der Waals surface area contributed by atoms with Crippen LogP contribution in [0.25, 0.3) is 0 Å². The Morgan fingerprint density at radius 1 is 1.10 bits per heavy atom. The van der Waals surface area contributed by atoms with Crippen LogP contribution in [0.1, 0.15) is 51.9 Å². The Balaban J connectivity index is 1.85. The van der Waals surface area contributed by atoms with Crippen LogP contribution in [0.3, 0.4) is 0 Å². The summed E-state index contributed by atoms with van der Waals surface area (Å²) in [5.74, 6) is 0. The number of nitrogens with zero attached hydrogens (tertiary/aromatic N) is 2. The highest BCUT2D eigenvalue weighted by Gasteiger charge is 2.34. The lowest BCUT2D eigenvalue weighted by Crippen LogP contribution is -2.49. The Kier molecular flexibility index (Phi) is 6.31. The molecule has 0 unspecified atom stereocenters. The molecule has 1 aliphatic heterocycles. The molecule has 118 valence electrons. The van der Waals surface area contributed by atoms with E-state index in [-0.39, 0.29) is 0 Å². The highest BCUT2D eigenvalue weighted by atomic mass is 15.2. The maximum atomic E-state index is 3.64. The van der Waals surface area contributed by atoms with Crippen molar-refractivity contribution in [3.63, 3.8) is 0 Å². The van der Waals surface area contributed by atoms with Crippen molar-refractivity contribution in [3.05, 3.63) is 0 Å². The van der Waals surface area contributed by atoms with Crippen molar-refractivity contribution in [2.24, 2.45) is 5.41 Å². The van der Waals surface area contributed by atoms with E-state index in [0.717, 1.165) is 12.6 Å². The van der Waals surface area contributed by atoms with Crippen molar-refractivity contribution in [3.8, 4) is 0 Å². The van der Waals surface area contributed by atoms with Crippen LogP contribution in [0.15, 0.2) is 0 Å². The van der Waals surface area contributed by atoms with Gasteiger partial charge in [0, 0.05) is 19.1 Å². The molecule has 3 heteroatoms. The number of likely N-dealkylation sites (tertiary alicyclic amines) is 1. The van der Waals surface area contributed by atoms with E-state index in [0.29, 0.717) is 5.41 Å². The maximum Gasteiger partial charge on any atom is 0.0113 e. The zero-order valence-electron chi connectivity index (χ0n) is 14.0. The van der Waals surface area contributed by atoms with E-state index in [1.54, 1.807) is 0 Å². The summed E-state index contributed by atoms with van der Waals surface area (Å²) in [6.07, 6.45) is 9.92. The molecule has 0 aromatic heterocycles. The Morgan fingerprint density at radius 3 is 2.30 bits per heavy atom. The lowest BCUT2D eigenvalue weighted by atomic mass is 9.73. The molecule has 1 saturated heterocycles. The highest BCUT2D eigenvalue weighted by Crippen LogP contribution is 2.37. The molecule has 0 bridgehead atoms. The fourth-order valence-corrected chi connectivity index (χ4v) is 4.15. The van der Waals surface area contributed by atoms with Gasteiger partial charge in [0.15, 0.2) is 0 Å². The van der Waals surface area contributed by atoms with Gasteiger partial charge in [0.2, 0.25) is 0 Å². The largest absolute Gasteiger partial charge is 0.316 e. The predicted octanol–water partition coefficient (Wildman–Crippen LogP) is 2.57. The van der Waals surface area contributed by atoms with E-state index in [1.165, 1.54) is 71.1 Å². The summed E-state index contributed by atoms with van der Waals surface area (Å²) < 4.78 is 0. The van der Waals surface area contributed by atoms with Crippen molar-refractivity contribution in [2.45, 2.75) is 57.9 Å². The van der Waals surface area contributed by atoms with Gasteiger partial charge in [-0.2, -0.15) is 0 Å². The summed E-state index contributed by atoms with van der Waals surface area (Å²) in [5.41, 5.74) is 0.569. The fraction of sp³-hybridized carbons (Fsp3) is 1.00. The van der Waals surface area contributed by atoms with Gasteiger partial charge in [-0.05, 0) is 64.8 Å². The monoisotopic (exact) mass is 281 g/mol. The third-order valence-electron chi connectivity index (χ3n) is 5.51. The molecule has 20 heavy (non-hydrogen) atoms. The normalized spacial score (nSPS) is 25.2. The summed E-state index contributed by atoms with van der Waals surface area (Å²) in [6.45, 7) is 8.52. The third-order valence-corrected chi connectivity index (χ3v) is 5.51. The highest BCUT2D eigenvalue weighted by molar-refractivity contribution is 4.89. The SMILES string of the molecule is CCNCC1(CN2CCC(N(C)C)CC2)CCCCC1. The van der Waals surface area contributed by atoms with E-state index < -0.39 is 0 Å². The second-order valence-electron chi connectivity index (χ2n) is 7.31. The summed E-state index contributed by atoms with van der Waals surface area (Å²) in [6, 6.07) is 0.808. The zero-order chi connectivity index (χ0) is 14.4. The molecule has 3 nitrogen and oxygen atoms in total. The third kappa shape index (κ3) is 4.44. The van der Waals surface area contributed by atoms with Crippen LogP contribution in [0.5, 0.6) is 0 Å². The van der Waals surface area contributed by atoms with Gasteiger partial charge in [0.05, 0.1) is 0 Å². The summed E-state index contributed by atoms with van der Waals surface area (Å²) in [4.78, 5) is 5.16. The lowest BCUT2D eigenvalue weighted by molar-refractivity contribution is 0.0694. The number of hydrogen-bond acceptors (Lipinski definition) is 3. The topological polar surface area (TPSA) is 18.5 Å². The minimum Gasteiger partial charge on any atom is -0.316 e. The van der Waals surface area contributed by atoms with Crippen LogP contribution < -0.4 is 5.32 Å². The van der Waals surface area contributed by atoms with Gasteiger partial charge in [-0.3, -0.25) is 0 Å². The molecule has 0 amide bonds. The van der Waals surface area contributed by atoms with Crippen LogP contribution in [0.2, 0.25) is 0 Å². The number of hydrogen-bond donors (Lipinski definition) is 1. The standard InChI is InChI=1S/C17H35N3/c1-4-18-14-17(10-6-5-7-11-17)15-20-12-8-16(9-13-20)19(2)3/h16,18H,4-15H2,1-3H3. The van der Waals surface area contributed by atoms with Crippen molar-refractivity contribution < 1.29 is 0 Å². The van der Waals surface area contributed by atoms with Gasteiger partial charge < -0.3 is 15.1 Å². The zero-order valence-corrected chi connectivity index (χ0v) is 14.0. The molecule has 1 heterocycles. The van der Waals surface area contributed by atoms with E-state index in [1.807, 2.05) is 0 Å². The molecule has 0 aromatic rings. The van der Waals surface area contributed by atoms with Crippen LogP contribution in [0, 0.1) is 5.41 Å².